The molecule has 0 saturated carbocycles. The standard InChI is InChI=1S/C11H21N3O/c1-9-3-6-14(7-4-9)11(15)13-10-2-5-12-8-10/h9-10,12H,2-8H2,1H3,(H,13,15). The highest BCUT2D eigenvalue weighted by Crippen LogP contribution is 2.16. The van der Waals surface area contributed by atoms with Crippen LogP contribution in [-0.2, 0) is 0 Å². The molecule has 0 aromatic heterocycles. The molecule has 2 fully saturated rings. The molecule has 0 radical (unpaired) electrons. The van der Waals surface area contributed by atoms with Gasteiger partial charge in [0, 0.05) is 25.7 Å². The minimum atomic E-state index is 0.135. The molecular weight excluding hydrogens is 190 g/mol. The summed E-state index contributed by atoms with van der Waals surface area (Å²) >= 11 is 0. The number of carbonyl (C=O) groups excluding carboxylic acids is 1. The molecule has 2 heterocycles. The zero-order valence-electron chi connectivity index (χ0n) is 9.46. The van der Waals surface area contributed by atoms with Gasteiger partial charge in [-0.3, -0.25) is 0 Å². The summed E-state index contributed by atoms with van der Waals surface area (Å²) in [5.74, 6) is 0.780. The first-order chi connectivity index (χ1) is 7.25. The molecular formula is C11H21N3O. The van der Waals surface area contributed by atoms with Crippen LogP contribution in [0, 0.1) is 5.92 Å². The molecule has 15 heavy (non-hydrogen) atoms. The van der Waals surface area contributed by atoms with E-state index in [1.165, 1.54) is 0 Å². The first kappa shape index (κ1) is 10.7. The highest BCUT2D eigenvalue weighted by Gasteiger charge is 2.23. The summed E-state index contributed by atoms with van der Waals surface area (Å²) in [6.07, 6.45) is 3.36. The Morgan fingerprint density at radius 2 is 2.07 bits per heavy atom. The summed E-state index contributed by atoms with van der Waals surface area (Å²) in [5, 5.41) is 6.34. The van der Waals surface area contributed by atoms with Crippen LogP contribution in [0.25, 0.3) is 0 Å². The lowest BCUT2D eigenvalue weighted by molar-refractivity contribution is 0.171. The molecule has 2 N–H and O–H groups in total. The van der Waals surface area contributed by atoms with Gasteiger partial charge in [-0.2, -0.15) is 0 Å². The lowest BCUT2D eigenvalue weighted by atomic mass is 10.00. The summed E-state index contributed by atoms with van der Waals surface area (Å²) in [6.45, 7) is 6.06. The first-order valence-corrected chi connectivity index (χ1v) is 6.02. The van der Waals surface area contributed by atoms with Gasteiger partial charge in [-0.05, 0) is 31.7 Å². The third-order valence-electron chi connectivity index (χ3n) is 3.46. The largest absolute Gasteiger partial charge is 0.334 e. The number of hydrogen-bond donors (Lipinski definition) is 2. The molecule has 0 bridgehead atoms. The minimum Gasteiger partial charge on any atom is -0.334 e. The molecule has 0 aliphatic carbocycles. The number of likely N-dealkylation sites (tertiary alicyclic amines) is 1. The first-order valence-electron chi connectivity index (χ1n) is 6.02. The number of hydrogen-bond acceptors (Lipinski definition) is 2. The summed E-state index contributed by atoms with van der Waals surface area (Å²) in [4.78, 5) is 13.8. The summed E-state index contributed by atoms with van der Waals surface area (Å²) in [7, 11) is 0. The molecule has 2 saturated heterocycles. The fraction of sp³-hybridized carbons (Fsp3) is 0.909. The lowest BCUT2D eigenvalue weighted by Crippen LogP contribution is -2.48. The number of piperidine rings is 1. The van der Waals surface area contributed by atoms with Crippen molar-refractivity contribution in [2.24, 2.45) is 5.92 Å². The average Bonchev–Trinajstić information content (AvgIpc) is 2.71. The van der Waals surface area contributed by atoms with Gasteiger partial charge in [0.05, 0.1) is 0 Å². The maximum Gasteiger partial charge on any atom is 0.317 e. The molecule has 1 atom stereocenters. The van der Waals surface area contributed by atoms with Crippen LogP contribution in [0.4, 0.5) is 4.79 Å². The van der Waals surface area contributed by atoms with Crippen LogP contribution < -0.4 is 10.6 Å². The molecule has 0 aromatic rings. The zero-order valence-corrected chi connectivity index (χ0v) is 9.46. The lowest BCUT2D eigenvalue weighted by Gasteiger charge is -2.31. The maximum absolute atomic E-state index is 11.8. The van der Waals surface area contributed by atoms with Gasteiger partial charge in [0.15, 0.2) is 0 Å². The van der Waals surface area contributed by atoms with E-state index in [1.54, 1.807) is 0 Å². The van der Waals surface area contributed by atoms with E-state index in [0.717, 1.165) is 51.4 Å². The number of rotatable bonds is 1. The number of urea groups is 1. The minimum absolute atomic E-state index is 0.135. The van der Waals surface area contributed by atoms with E-state index >= 15 is 0 Å². The molecule has 2 aliphatic heterocycles. The Kier molecular flexibility index (Phi) is 3.46. The second-order valence-corrected chi connectivity index (χ2v) is 4.81. The quantitative estimate of drug-likeness (QED) is 0.673. The van der Waals surface area contributed by atoms with Crippen molar-refractivity contribution in [1.82, 2.24) is 15.5 Å². The van der Waals surface area contributed by atoms with Gasteiger partial charge in [-0.15, -0.1) is 0 Å². The normalized spacial score (nSPS) is 28.1. The molecule has 0 aromatic carbocycles. The Hall–Kier alpha value is -0.770. The van der Waals surface area contributed by atoms with Gasteiger partial charge < -0.3 is 15.5 Å². The Morgan fingerprint density at radius 3 is 2.67 bits per heavy atom. The Labute approximate surface area is 91.4 Å². The monoisotopic (exact) mass is 211 g/mol. The Morgan fingerprint density at radius 1 is 1.33 bits per heavy atom. The van der Waals surface area contributed by atoms with Crippen molar-refractivity contribution in [2.45, 2.75) is 32.2 Å². The number of carbonyl (C=O) groups is 1. The van der Waals surface area contributed by atoms with E-state index in [-0.39, 0.29) is 6.03 Å². The molecule has 2 aliphatic rings. The third-order valence-corrected chi connectivity index (χ3v) is 3.46. The molecule has 0 spiro atoms. The van der Waals surface area contributed by atoms with Crippen molar-refractivity contribution in [3.8, 4) is 0 Å². The zero-order chi connectivity index (χ0) is 10.7. The van der Waals surface area contributed by atoms with E-state index in [1.807, 2.05) is 4.90 Å². The van der Waals surface area contributed by atoms with Crippen LogP contribution >= 0.6 is 0 Å². The fourth-order valence-corrected chi connectivity index (χ4v) is 2.26. The number of nitrogens with zero attached hydrogens (tertiary/aromatic N) is 1. The van der Waals surface area contributed by atoms with Gasteiger partial charge >= 0.3 is 6.03 Å². The maximum atomic E-state index is 11.8. The van der Waals surface area contributed by atoms with Crippen LogP contribution in [0.1, 0.15) is 26.2 Å². The predicted molar refractivity (Wildman–Crippen MR) is 59.8 cm³/mol. The van der Waals surface area contributed by atoms with Crippen LogP contribution in [0.2, 0.25) is 0 Å². The highest BCUT2D eigenvalue weighted by atomic mass is 16.2. The number of amides is 2. The van der Waals surface area contributed by atoms with Gasteiger partial charge in [-0.1, -0.05) is 6.92 Å². The van der Waals surface area contributed by atoms with Crippen LogP contribution in [-0.4, -0.2) is 43.2 Å². The molecule has 4 nitrogen and oxygen atoms in total. The van der Waals surface area contributed by atoms with Crippen molar-refractivity contribution < 1.29 is 4.79 Å². The van der Waals surface area contributed by atoms with Gasteiger partial charge in [0.25, 0.3) is 0 Å². The summed E-state index contributed by atoms with van der Waals surface area (Å²) < 4.78 is 0. The fourth-order valence-electron chi connectivity index (χ4n) is 2.26. The van der Waals surface area contributed by atoms with Crippen molar-refractivity contribution in [3.63, 3.8) is 0 Å². The Bertz CT molecular complexity index is 218. The number of nitrogens with one attached hydrogen (secondary N) is 2. The molecule has 1 unspecified atom stereocenters. The van der Waals surface area contributed by atoms with E-state index < -0.39 is 0 Å². The van der Waals surface area contributed by atoms with Crippen molar-refractivity contribution in [3.05, 3.63) is 0 Å². The highest BCUT2D eigenvalue weighted by molar-refractivity contribution is 5.74. The van der Waals surface area contributed by atoms with E-state index in [2.05, 4.69) is 17.6 Å². The Balaban J connectivity index is 1.75. The van der Waals surface area contributed by atoms with Crippen LogP contribution in [0.3, 0.4) is 0 Å². The van der Waals surface area contributed by atoms with E-state index in [9.17, 15) is 4.79 Å². The van der Waals surface area contributed by atoms with Gasteiger partial charge in [-0.25, -0.2) is 4.79 Å². The molecule has 4 heteroatoms. The molecule has 86 valence electrons. The summed E-state index contributed by atoms with van der Waals surface area (Å²) in [5.41, 5.74) is 0. The average molecular weight is 211 g/mol. The smallest absolute Gasteiger partial charge is 0.317 e. The molecule has 2 rings (SSSR count). The van der Waals surface area contributed by atoms with Gasteiger partial charge in [0.1, 0.15) is 0 Å². The summed E-state index contributed by atoms with van der Waals surface area (Å²) in [6, 6.07) is 0.479. The van der Waals surface area contributed by atoms with E-state index in [0.29, 0.717) is 6.04 Å². The second kappa shape index (κ2) is 4.84. The third kappa shape index (κ3) is 2.84. The van der Waals surface area contributed by atoms with Crippen molar-refractivity contribution >= 4 is 6.03 Å². The van der Waals surface area contributed by atoms with E-state index in [4.69, 9.17) is 0 Å². The predicted octanol–water partition coefficient (Wildman–Crippen LogP) is 0.790. The topological polar surface area (TPSA) is 44.4 Å². The second-order valence-electron chi connectivity index (χ2n) is 4.81. The van der Waals surface area contributed by atoms with Gasteiger partial charge in [0.2, 0.25) is 0 Å². The SMILES string of the molecule is CC1CCN(C(=O)NC2CCNC2)CC1. The molecule has 2 amide bonds. The van der Waals surface area contributed by atoms with Crippen molar-refractivity contribution in [2.75, 3.05) is 26.2 Å². The van der Waals surface area contributed by atoms with Crippen LogP contribution in [0.5, 0.6) is 0 Å². The van der Waals surface area contributed by atoms with Crippen molar-refractivity contribution in [1.29, 1.82) is 0 Å². The van der Waals surface area contributed by atoms with Crippen LogP contribution in [0.15, 0.2) is 0 Å².